The number of nitrogens with one attached hydrogen (secondary N) is 1. The number of hydroxylamine groups is 1. The van der Waals surface area contributed by atoms with Gasteiger partial charge in [0.15, 0.2) is 0 Å². The van der Waals surface area contributed by atoms with E-state index in [1.165, 1.54) is 6.07 Å². The minimum atomic E-state index is -2.69. The Hall–Kier alpha value is -1.07. The van der Waals surface area contributed by atoms with E-state index in [2.05, 4.69) is 5.48 Å². The van der Waals surface area contributed by atoms with Gasteiger partial charge in [0.05, 0.1) is 12.1 Å². The van der Waals surface area contributed by atoms with Crippen LogP contribution in [-0.4, -0.2) is 12.0 Å². The summed E-state index contributed by atoms with van der Waals surface area (Å²) in [5.41, 5.74) is 3.08. The molecule has 0 bridgehead atoms. The van der Waals surface area contributed by atoms with Crippen molar-refractivity contribution >= 4 is 0 Å². The normalized spacial score (nSPS) is 34.9. The SMILES string of the molecule is Fc1ccccc1C1NOC2CC(F)(F)CC21. The second-order valence-corrected chi connectivity index (χ2v) is 4.70. The quantitative estimate of drug-likeness (QED) is 0.819. The molecule has 1 saturated carbocycles. The first-order chi connectivity index (χ1) is 8.07. The van der Waals surface area contributed by atoms with E-state index in [0.29, 0.717) is 5.56 Å². The zero-order valence-electron chi connectivity index (χ0n) is 9.00. The number of benzene rings is 1. The fraction of sp³-hybridized carbons (Fsp3) is 0.500. The van der Waals surface area contributed by atoms with Gasteiger partial charge in [-0.15, -0.1) is 0 Å². The first-order valence-electron chi connectivity index (χ1n) is 5.60. The second-order valence-electron chi connectivity index (χ2n) is 4.70. The third-order valence-corrected chi connectivity index (χ3v) is 3.53. The largest absolute Gasteiger partial charge is 0.297 e. The van der Waals surface area contributed by atoms with Crippen LogP contribution in [0.1, 0.15) is 24.4 Å². The summed E-state index contributed by atoms with van der Waals surface area (Å²) in [7, 11) is 0. The van der Waals surface area contributed by atoms with Gasteiger partial charge in [-0.1, -0.05) is 18.2 Å². The van der Waals surface area contributed by atoms with E-state index in [4.69, 9.17) is 4.84 Å². The number of rotatable bonds is 1. The van der Waals surface area contributed by atoms with E-state index >= 15 is 0 Å². The van der Waals surface area contributed by atoms with Gasteiger partial charge in [-0.2, -0.15) is 5.48 Å². The fourth-order valence-corrected chi connectivity index (χ4v) is 2.74. The van der Waals surface area contributed by atoms with E-state index in [-0.39, 0.29) is 24.6 Å². The van der Waals surface area contributed by atoms with Crippen LogP contribution in [0.5, 0.6) is 0 Å². The molecule has 0 amide bonds. The van der Waals surface area contributed by atoms with Gasteiger partial charge in [0.1, 0.15) is 5.82 Å². The molecular formula is C12H12F3NO. The van der Waals surface area contributed by atoms with Crippen molar-refractivity contribution < 1.29 is 18.0 Å². The molecule has 1 aromatic carbocycles. The van der Waals surface area contributed by atoms with Crippen molar-refractivity contribution in [3.63, 3.8) is 0 Å². The van der Waals surface area contributed by atoms with Crippen LogP contribution in [0.3, 0.4) is 0 Å². The lowest BCUT2D eigenvalue weighted by atomic mass is 9.91. The van der Waals surface area contributed by atoms with Crippen LogP contribution in [0.15, 0.2) is 24.3 Å². The maximum Gasteiger partial charge on any atom is 0.251 e. The lowest BCUT2D eigenvalue weighted by molar-refractivity contribution is -0.0417. The third-order valence-electron chi connectivity index (χ3n) is 3.53. The zero-order chi connectivity index (χ0) is 12.0. The second kappa shape index (κ2) is 3.71. The van der Waals surface area contributed by atoms with Gasteiger partial charge in [-0.05, 0) is 6.07 Å². The maximum absolute atomic E-state index is 13.6. The molecule has 92 valence electrons. The summed E-state index contributed by atoms with van der Waals surface area (Å²) >= 11 is 0. The molecule has 1 aliphatic carbocycles. The summed E-state index contributed by atoms with van der Waals surface area (Å²) in [6, 6.07) is 5.73. The Kier molecular flexibility index (Phi) is 2.41. The summed E-state index contributed by atoms with van der Waals surface area (Å²) in [6.07, 6.45) is -1.05. The molecule has 17 heavy (non-hydrogen) atoms. The van der Waals surface area contributed by atoms with Gasteiger partial charge in [0.2, 0.25) is 0 Å². The molecule has 0 aromatic heterocycles. The predicted molar refractivity (Wildman–Crippen MR) is 54.8 cm³/mol. The number of hydrogen-bond donors (Lipinski definition) is 1. The Morgan fingerprint density at radius 2 is 2.00 bits per heavy atom. The molecule has 3 atom stereocenters. The molecule has 0 spiro atoms. The molecule has 1 aromatic rings. The van der Waals surface area contributed by atoms with E-state index in [1.807, 2.05) is 0 Å². The van der Waals surface area contributed by atoms with Gasteiger partial charge in [-0.25, -0.2) is 13.2 Å². The fourth-order valence-electron chi connectivity index (χ4n) is 2.74. The highest BCUT2D eigenvalue weighted by Crippen LogP contribution is 2.49. The van der Waals surface area contributed by atoms with Gasteiger partial charge < -0.3 is 0 Å². The molecule has 5 heteroatoms. The van der Waals surface area contributed by atoms with Crippen molar-refractivity contribution in [1.29, 1.82) is 0 Å². The molecule has 1 N–H and O–H groups in total. The highest BCUT2D eigenvalue weighted by molar-refractivity contribution is 5.23. The molecule has 2 fully saturated rings. The molecule has 2 aliphatic rings. The minimum Gasteiger partial charge on any atom is -0.297 e. The summed E-state index contributed by atoms with van der Waals surface area (Å²) in [4.78, 5) is 5.14. The van der Waals surface area contributed by atoms with Gasteiger partial charge >= 0.3 is 0 Å². The predicted octanol–water partition coefficient (Wildman–Crippen LogP) is 2.82. The first kappa shape index (κ1) is 11.0. The standard InChI is InChI=1S/C12H12F3NO/c13-9-4-2-1-3-7(9)11-8-5-12(14,15)6-10(8)17-16-11/h1-4,8,10-11,16H,5-6H2. The molecule has 1 saturated heterocycles. The lowest BCUT2D eigenvalue weighted by Gasteiger charge is -2.17. The Bertz CT molecular complexity index is 438. The third kappa shape index (κ3) is 1.83. The first-order valence-corrected chi connectivity index (χ1v) is 5.60. The highest BCUT2D eigenvalue weighted by Gasteiger charge is 2.54. The Morgan fingerprint density at radius 1 is 1.24 bits per heavy atom. The van der Waals surface area contributed by atoms with Gasteiger partial charge in [0.25, 0.3) is 5.92 Å². The van der Waals surface area contributed by atoms with Gasteiger partial charge in [-0.3, -0.25) is 4.84 Å². The summed E-state index contributed by atoms with van der Waals surface area (Å²) in [6.45, 7) is 0. The van der Waals surface area contributed by atoms with E-state index < -0.39 is 18.1 Å². The number of alkyl halides is 2. The van der Waals surface area contributed by atoms with Crippen LogP contribution in [-0.2, 0) is 4.84 Å². The molecule has 3 rings (SSSR count). The summed E-state index contributed by atoms with van der Waals surface area (Å²) < 4.78 is 40.1. The van der Waals surface area contributed by atoms with Crippen LogP contribution < -0.4 is 5.48 Å². The molecule has 3 unspecified atom stereocenters. The highest BCUT2D eigenvalue weighted by atomic mass is 19.3. The van der Waals surface area contributed by atoms with Crippen molar-refractivity contribution in [2.24, 2.45) is 5.92 Å². The van der Waals surface area contributed by atoms with E-state index in [0.717, 1.165) is 0 Å². The zero-order valence-corrected chi connectivity index (χ0v) is 9.00. The van der Waals surface area contributed by atoms with Crippen LogP contribution in [0.25, 0.3) is 0 Å². The Balaban J connectivity index is 1.89. The van der Waals surface area contributed by atoms with Crippen molar-refractivity contribution in [3.05, 3.63) is 35.6 Å². The molecular weight excluding hydrogens is 231 g/mol. The number of halogens is 3. The lowest BCUT2D eigenvalue weighted by Crippen LogP contribution is -2.22. The molecule has 0 radical (unpaired) electrons. The van der Waals surface area contributed by atoms with Crippen LogP contribution in [0.2, 0.25) is 0 Å². The van der Waals surface area contributed by atoms with Crippen molar-refractivity contribution in [3.8, 4) is 0 Å². The van der Waals surface area contributed by atoms with Crippen molar-refractivity contribution in [2.75, 3.05) is 0 Å². The average Bonchev–Trinajstić information content (AvgIpc) is 2.74. The smallest absolute Gasteiger partial charge is 0.251 e. The number of fused-ring (bicyclic) bond motifs is 1. The van der Waals surface area contributed by atoms with Crippen LogP contribution in [0.4, 0.5) is 13.2 Å². The van der Waals surface area contributed by atoms with Crippen LogP contribution in [0, 0.1) is 11.7 Å². The van der Waals surface area contributed by atoms with Crippen LogP contribution >= 0.6 is 0 Å². The van der Waals surface area contributed by atoms with Crippen molar-refractivity contribution in [2.45, 2.75) is 30.9 Å². The Labute approximate surface area is 96.7 Å². The number of hydrogen-bond acceptors (Lipinski definition) is 2. The topological polar surface area (TPSA) is 21.3 Å². The minimum absolute atomic E-state index is 0.246. The summed E-state index contributed by atoms with van der Waals surface area (Å²) in [5, 5.41) is 0. The van der Waals surface area contributed by atoms with E-state index in [9.17, 15) is 13.2 Å². The van der Waals surface area contributed by atoms with Gasteiger partial charge in [0, 0.05) is 24.3 Å². The summed E-state index contributed by atoms with van der Waals surface area (Å²) in [5.74, 6) is -3.44. The monoisotopic (exact) mass is 243 g/mol. The maximum atomic E-state index is 13.6. The molecule has 1 heterocycles. The average molecular weight is 243 g/mol. The Morgan fingerprint density at radius 3 is 2.76 bits per heavy atom. The molecule has 1 aliphatic heterocycles. The van der Waals surface area contributed by atoms with E-state index in [1.54, 1.807) is 18.2 Å². The molecule has 2 nitrogen and oxygen atoms in total. The van der Waals surface area contributed by atoms with Crippen molar-refractivity contribution in [1.82, 2.24) is 5.48 Å².